The summed E-state index contributed by atoms with van der Waals surface area (Å²) in [7, 11) is 0. The van der Waals surface area contributed by atoms with Gasteiger partial charge in [0.15, 0.2) is 11.0 Å². The first-order valence-electron chi connectivity index (χ1n) is 11.0. The summed E-state index contributed by atoms with van der Waals surface area (Å²) < 4.78 is 2.04. The van der Waals surface area contributed by atoms with E-state index in [9.17, 15) is 4.79 Å². The summed E-state index contributed by atoms with van der Waals surface area (Å²) in [6.07, 6.45) is 0. The number of carbonyl (C=O) groups is 1. The normalized spacial score (nSPS) is 14.7. The van der Waals surface area contributed by atoms with Crippen molar-refractivity contribution in [1.82, 2.24) is 19.7 Å². The molecule has 0 saturated carbocycles. The molecule has 6 nitrogen and oxygen atoms in total. The number of aryl methyl sites for hydroxylation is 1. The van der Waals surface area contributed by atoms with E-state index >= 15 is 0 Å². The molecule has 1 aliphatic rings. The average Bonchev–Trinajstić information content (AvgIpc) is 3.23. The van der Waals surface area contributed by atoms with Gasteiger partial charge in [-0.05, 0) is 25.5 Å². The lowest BCUT2D eigenvalue weighted by Gasteiger charge is -2.32. The van der Waals surface area contributed by atoms with Crippen LogP contribution in [-0.4, -0.2) is 57.5 Å². The fraction of sp³-hybridized carbons (Fsp3) is 0.375. The smallest absolute Gasteiger partial charge is 0.233 e. The molecule has 0 bridgehead atoms. The van der Waals surface area contributed by atoms with Crippen LogP contribution in [0.3, 0.4) is 0 Å². The van der Waals surface area contributed by atoms with Gasteiger partial charge in [-0.1, -0.05) is 65.8 Å². The minimum Gasteiger partial charge on any atom is -0.331 e. The van der Waals surface area contributed by atoms with Crippen LogP contribution < -0.4 is 4.90 Å². The van der Waals surface area contributed by atoms with Crippen LogP contribution in [0.15, 0.2) is 53.7 Å². The average molecular weight is 471 g/mol. The van der Waals surface area contributed by atoms with E-state index in [-0.39, 0.29) is 5.91 Å². The molecular weight excluding hydrogens is 442 g/mol. The number of thioether (sulfide) groups is 1. The van der Waals surface area contributed by atoms with Crippen molar-refractivity contribution in [3.8, 4) is 11.4 Å². The zero-order chi connectivity index (χ0) is 22.5. The molecule has 0 radical (unpaired) electrons. The van der Waals surface area contributed by atoms with Gasteiger partial charge in [0, 0.05) is 22.7 Å². The molecule has 2 aromatic carbocycles. The van der Waals surface area contributed by atoms with Crippen molar-refractivity contribution in [2.24, 2.45) is 0 Å². The number of nitrogens with one attached hydrogen (secondary N) is 1. The van der Waals surface area contributed by atoms with Gasteiger partial charge in [-0.25, -0.2) is 0 Å². The van der Waals surface area contributed by atoms with Crippen molar-refractivity contribution < 1.29 is 9.69 Å². The van der Waals surface area contributed by atoms with Crippen LogP contribution in [0, 0.1) is 6.92 Å². The van der Waals surface area contributed by atoms with Gasteiger partial charge in [-0.15, -0.1) is 10.2 Å². The number of hydrogen-bond acceptors (Lipinski definition) is 4. The molecule has 168 valence electrons. The first-order chi connectivity index (χ1) is 15.5. The summed E-state index contributed by atoms with van der Waals surface area (Å²) in [6.45, 7) is 9.35. The van der Waals surface area contributed by atoms with Crippen LogP contribution in [0.4, 0.5) is 0 Å². The van der Waals surface area contributed by atoms with Gasteiger partial charge in [0.05, 0.1) is 31.9 Å². The lowest BCUT2D eigenvalue weighted by atomic mass is 10.1. The summed E-state index contributed by atoms with van der Waals surface area (Å²) in [6, 6.07) is 16.5. The van der Waals surface area contributed by atoms with E-state index in [4.69, 9.17) is 11.6 Å². The van der Waals surface area contributed by atoms with Gasteiger partial charge in [0.1, 0.15) is 6.54 Å². The zero-order valence-corrected chi connectivity index (χ0v) is 20.1. The van der Waals surface area contributed by atoms with E-state index in [1.54, 1.807) is 0 Å². The Balaban J connectivity index is 1.32. The minimum atomic E-state index is 0.166. The summed E-state index contributed by atoms with van der Waals surface area (Å²) in [5.74, 6) is 1.32. The number of quaternary nitrogens is 1. The van der Waals surface area contributed by atoms with Gasteiger partial charge in [-0.3, -0.25) is 4.79 Å². The molecule has 1 N–H and O–H groups in total. The van der Waals surface area contributed by atoms with Gasteiger partial charge < -0.3 is 14.4 Å². The Labute approximate surface area is 198 Å². The molecule has 8 heteroatoms. The standard InChI is InChI=1S/C24H28ClN5OS/c1-3-30-23(20-10-9-18(2)21(25)15-20)26-27-24(30)32-17-22(31)29-13-11-28(12-14-29)16-19-7-5-4-6-8-19/h4-10,15H,3,11-14,16-17H2,1-2H3/p+1. The van der Waals surface area contributed by atoms with E-state index in [2.05, 4.69) is 41.4 Å². The topological polar surface area (TPSA) is 55.5 Å². The van der Waals surface area contributed by atoms with Crippen molar-refractivity contribution >= 4 is 29.3 Å². The minimum absolute atomic E-state index is 0.166. The Morgan fingerprint density at radius 3 is 2.56 bits per heavy atom. The number of amides is 1. The highest BCUT2D eigenvalue weighted by Crippen LogP contribution is 2.27. The maximum Gasteiger partial charge on any atom is 0.233 e. The van der Waals surface area contributed by atoms with Crippen LogP contribution >= 0.6 is 23.4 Å². The summed E-state index contributed by atoms with van der Waals surface area (Å²) in [5.41, 5.74) is 3.32. The molecule has 0 aliphatic carbocycles. The number of carbonyl (C=O) groups excluding carboxylic acids is 1. The number of halogens is 1. The largest absolute Gasteiger partial charge is 0.331 e. The molecule has 0 atom stereocenters. The first-order valence-corrected chi connectivity index (χ1v) is 12.4. The number of nitrogens with zero attached hydrogens (tertiary/aromatic N) is 4. The van der Waals surface area contributed by atoms with Crippen LogP contribution in [0.5, 0.6) is 0 Å². The predicted molar refractivity (Wildman–Crippen MR) is 129 cm³/mol. The lowest BCUT2D eigenvalue weighted by Crippen LogP contribution is -3.13. The van der Waals surface area contributed by atoms with Crippen molar-refractivity contribution in [3.05, 3.63) is 64.7 Å². The van der Waals surface area contributed by atoms with Gasteiger partial charge in [-0.2, -0.15) is 0 Å². The molecule has 1 saturated heterocycles. The molecule has 3 aromatic rings. The Bertz CT molecular complexity index is 1060. The quantitative estimate of drug-likeness (QED) is 0.539. The molecule has 2 heterocycles. The lowest BCUT2D eigenvalue weighted by molar-refractivity contribution is -0.917. The molecule has 4 rings (SSSR count). The molecule has 1 aromatic heterocycles. The Morgan fingerprint density at radius 2 is 1.88 bits per heavy atom. The molecular formula is C24H29ClN5OS+. The van der Waals surface area contributed by atoms with Crippen molar-refractivity contribution in [2.75, 3.05) is 31.9 Å². The fourth-order valence-corrected chi connectivity index (χ4v) is 5.06. The van der Waals surface area contributed by atoms with Crippen molar-refractivity contribution in [1.29, 1.82) is 0 Å². The van der Waals surface area contributed by atoms with Crippen LogP contribution in [0.2, 0.25) is 5.02 Å². The highest BCUT2D eigenvalue weighted by Gasteiger charge is 2.24. The van der Waals surface area contributed by atoms with Crippen molar-refractivity contribution in [2.45, 2.75) is 32.1 Å². The second-order valence-electron chi connectivity index (χ2n) is 8.10. The highest BCUT2D eigenvalue weighted by atomic mass is 35.5. The maximum atomic E-state index is 12.8. The summed E-state index contributed by atoms with van der Waals surface area (Å²) in [5, 5.41) is 10.2. The fourth-order valence-electron chi connectivity index (χ4n) is 3.98. The first kappa shape index (κ1) is 22.8. The molecule has 0 unspecified atom stereocenters. The molecule has 1 aliphatic heterocycles. The van der Waals surface area contributed by atoms with E-state index in [1.807, 2.05) is 40.7 Å². The van der Waals surface area contributed by atoms with E-state index < -0.39 is 0 Å². The zero-order valence-electron chi connectivity index (χ0n) is 18.6. The van der Waals surface area contributed by atoms with E-state index in [1.165, 1.54) is 22.2 Å². The molecule has 32 heavy (non-hydrogen) atoms. The Kier molecular flexibility index (Phi) is 7.50. The second kappa shape index (κ2) is 10.5. The van der Waals surface area contributed by atoms with Gasteiger partial charge in [0.25, 0.3) is 0 Å². The number of hydrogen-bond donors (Lipinski definition) is 1. The highest BCUT2D eigenvalue weighted by molar-refractivity contribution is 7.99. The maximum absolute atomic E-state index is 12.8. The molecule has 0 spiro atoms. The van der Waals surface area contributed by atoms with E-state index in [0.717, 1.165) is 61.4 Å². The van der Waals surface area contributed by atoms with Crippen LogP contribution in [0.25, 0.3) is 11.4 Å². The third kappa shape index (κ3) is 5.34. The SMILES string of the molecule is CCn1c(SCC(=O)N2CC[NH+](Cc3ccccc3)CC2)nnc1-c1ccc(C)c(Cl)c1. The summed E-state index contributed by atoms with van der Waals surface area (Å²) in [4.78, 5) is 16.3. The van der Waals surface area contributed by atoms with Gasteiger partial charge >= 0.3 is 0 Å². The summed E-state index contributed by atoms with van der Waals surface area (Å²) >= 11 is 7.75. The van der Waals surface area contributed by atoms with Crippen molar-refractivity contribution in [3.63, 3.8) is 0 Å². The number of rotatable bonds is 7. The number of piperazine rings is 1. The number of benzene rings is 2. The van der Waals surface area contributed by atoms with Crippen LogP contribution in [-0.2, 0) is 17.9 Å². The third-order valence-electron chi connectivity index (χ3n) is 5.91. The predicted octanol–water partition coefficient (Wildman–Crippen LogP) is 2.95. The second-order valence-corrected chi connectivity index (χ2v) is 9.45. The molecule has 1 amide bonds. The Hall–Kier alpha value is -2.35. The van der Waals surface area contributed by atoms with Gasteiger partial charge in [0.2, 0.25) is 5.91 Å². The molecule has 1 fully saturated rings. The number of aromatic nitrogens is 3. The van der Waals surface area contributed by atoms with Crippen LogP contribution in [0.1, 0.15) is 18.1 Å². The Morgan fingerprint density at radius 1 is 1.12 bits per heavy atom. The third-order valence-corrected chi connectivity index (χ3v) is 7.27. The monoisotopic (exact) mass is 470 g/mol. The van der Waals surface area contributed by atoms with E-state index in [0.29, 0.717) is 10.8 Å².